The Kier molecular flexibility index (Phi) is 5.76. The van der Waals surface area contributed by atoms with Crippen LogP contribution in [0, 0.1) is 0 Å². The molecule has 0 saturated carbocycles. The van der Waals surface area contributed by atoms with E-state index in [1.165, 1.54) is 0 Å². The molecule has 6 rings (SSSR count). The van der Waals surface area contributed by atoms with E-state index in [2.05, 4.69) is 32.2 Å². The molecule has 1 aliphatic rings. The average molecular weight is 497 g/mol. The van der Waals surface area contributed by atoms with E-state index in [-0.39, 0.29) is 6.04 Å². The molecule has 11 nitrogen and oxygen atoms in total. The van der Waals surface area contributed by atoms with E-state index in [4.69, 9.17) is 19.8 Å². The molecule has 4 bridgehead atoms. The number of nitrogens with one attached hydrogen (secondary N) is 1. The van der Waals surface area contributed by atoms with Gasteiger partial charge in [0.2, 0.25) is 5.88 Å². The van der Waals surface area contributed by atoms with Crippen molar-refractivity contribution in [1.82, 2.24) is 44.4 Å². The number of pyridine rings is 2. The molecule has 0 fully saturated rings. The second kappa shape index (κ2) is 9.25. The van der Waals surface area contributed by atoms with Gasteiger partial charge in [-0.15, -0.1) is 0 Å². The maximum Gasteiger partial charge on any atom is 0.222 e. The lowest BCUT2D eigenvalue weighted by Gasteiger charge is -2.16. The van der Waals surface area contributed by atoms with Crippen molar-refractivity contribution in [3.8, 4) is 28.7 Å². The summed E-state index contributed by atoms with van der Waals surface area (Å²) in [5.41, 5.74) is 4.33. The Morgan fingerprint density at radius 2 is 2.00 bits per heavy atom. The second-order valence-corrected chi connectivity index (χ2v) is 9.50. The highest BCUT2D eigenvalue weighted by atomic mass is 16.5. The zero-order valence-corrected chi connectivity index (χ0v) is 21.3. The van der Waals surface area contributed by atoms with Crippen LogP contribution in [0.5, 0.6) is 5.88 Å². The number of nitrogens with zero attached hydrogens (tertiary/aromatic N) is 9. The van der Waals surface area contributed by atoms with Gasteiger partial charge in [0.15, 0.2) is 5.82 Å². The fourth-order valence-corrected chi connectivity index (χ4v) is 4.54. The van der Waals surface area contributed by atoms with Crippen LogP contribution < -0.4 is 10.1 Å². The Morgan fingerprint density at radius 1 is 1.11 bits per heavy atom. The van der Waals surface area contributed by atoms with Crippen molar-refractivity contribution in [3.05, 3.63) is 54.6 Å². The van der Waals surface area contributed by atoms with Gasteiger partial charge in [-0.2, -0.15) is 10.2 Å². The summed E-state index contributed by atoms with van der Waals surface area (Å²) >= 11 is 0. The summed E-state index contributed by atoms with van der Waals surface area (Å²) in [4.78, 5) is 20.8. The SMILES string of the molecule is C[C@H]1CCOc2c(cnn2C)-c2nccc(n2)Nc2cc3c(cn2)c(-c2cccc(CN(C)C)n2)nn31. The van der Waals surface area contributed by atoms with E-state index in [1.54, 1.807) is 17.1 Å². The van der Waals surface area contributed by atoms with Crippen molar-refractivity contribution in [2.45, 2.75) is 25.9 Å². The topological polar surface area (TPSA) is 112 Å². The maximum absolute atomic E-state index is 6.20. The fraction of sp³-hybridized carbons (Fsp3) is 0.308. The van der Waals surface area contributed by atoms with Crippen LogP contribution in [0.2, 0.25) is 0 Å². The largest absolute Gasteiger partial charge is 0.477 e. The van der Waals surface area contributed by atoms with Gasteiger partial charge in [0.1, 0.15) is 22.9 Å². The lowest BCUT2D eigenvalue weighted by atomic mass is 10.1. The van der Waals surface area contributed by atoms with E-state index >= 15 is 0 Å². The van der Waals surface area contributed by atoms with E-state index < -0.39 is 0 Å². The summed E-state index contributed by atoms with van der Waals surface area (Å²) in [5, 5.41) is 13.7. The molecular formula is C26H28N10O. The molecule has 11 heteroatoms. The first-order valence-corrected chi connectivity index (χ1v) is 12.2. The van der Waals surface area contributed by atoms with Crippen molar-refractivity contribution in [2.75, 3.05) is 26.0 Å². The molecule has 37 heavy (non-hydrogen) atoms. The average Bonchev–Trinajstić information content (AvgIpc) is 3.44. The van der Waals surface area contributed by atoms with Crippen molar-refractivity contribution in [2.24, 2.45) is 7.05 Å². The van der Waals surface area contributed by atoms with Crippen molar-refractivity contribution < 1.29 is 4.74 Å². The molecule has 0 aliphatic carbocycles. The lowest BCUT2D eigenvalue weighted by Crippen LogP contribution is -2.13. The minimum atomic E-state index is 0.0603. The number of ether oxygens (including phenoxy) is 1. The van der Waals surface area contributed by atoms with Crippen LogP contribution in [0.4, 0.5) is 11.6 Å². The molecule has 188 valence electrons. The minimum Gasteiger partial charge on any atom is -0.477 e. The van der Waals surface area contributed by atoms with E-state index in [0.29, 0.717) is 29.9 Å². The third-order valence-electron chi connectivity index (χ3n) is 6.35. The summed E-state index contributed by atoms with van der Waals surface area (Å²) in [6.45, 7) is 3.38. The number of aryl methyl sites for hydroxylation is 1. The van der Waals surface area contributed by atoms with E-state index in [0.717, 1.165) is 46.5 Å². The van der Waals surface area contributed by atoms with E-state index in [1.807, 2.05) is 62.4 Å². The molecule has 0 spiro atoms. The molecule has 6 heterocycles. The van der Waals surface area contributed by atoms with Crippen molar-refractivity contribution in [1.29, 1.82) is 0 Å². The highest BCUT2D eigenvalue weighted by Crippen LogP contribution is 2.33. The van der Waals surface area contributed by atoms with Gasteiger partial charge in [0.05, 0.1) is 35.8 Å². The van der Waals surface area contributed by atoms with Crippen LogP contribution in [0.25, 0.3) is 33.7 Å². The maximum atomic E-state index is 6.20. The predicted octanol–water partition coefficient (Wildman–Crippen LogP) is 3.83. The Bertz CT molecular complexity index is 1590. The fourth-order valence-electron chi connectivity index (χ4n) is 4.54. The predicted molar refractivity (Wildman–Crippen MR) is 140 cm³/mol. The Labute approximate surface area is 214 Å². The van der Waals surface area contributed by atoms with Crippen molar-refractivity contribution in [3.63, 3.8) is 0 Å². The molecule has 0 radical (unpaired) electrons. The summed E-state index contributed by atoms with van der Waals surface area (Å²) in [6.07, 6.45) is 6.03. The smallest absolute Gasteiger partial charge is 0.222 e. The first-order valence-electron chi connectivity index (χ1n) is 12.2. The minimum absolute atomic E-state index is 0.0603. The number of hydrogen-bond donors (Lipinski definition) is 1. The van der Waals surface area contributed by atoms with Gasteiger partial charge >= 0.3 is 0 Å². The van der Waals surface area contributed by atoms with Crippen LogP contribution in [-0.2, 0) is 13.6 Å². The summed E-state index contributed by atoms with van der Waals surface area (Å²) in [7, 11) is 5.92. The lowest BCUT2D eigenvalue weighted by molar-refractivity contribution is 0.260. The Hall–Kier alpha value is -4.38. The molecular weight excluding hydrogens is 468 g/mol. The van der Waals surface area contributed by atoms with Crippen LogP contribution in [0.3, 0.4) is 0 Å². The Morgan fingerprint density at radius 3 is 2.86 bits per heavy atom. The molecule has 5 aromatic rings. The summed E-state index contributed by atoms with van der Waals surface area (Å²) in [5.74, 6) is 2.47. The van der Waals surface area contributed by atoms with Crippen molar-refractivity contribution >= 4 is 22.5 Å². The van der Waals surface area contributed by atoms with Gasteiger partial charge in [-0.3, -0.25) is 4.68 Å². The monoisotopic (exact) mass is 496 g/mol. The number of hydrogen-bond acceptors (Lipinski definition) is 9. The van der Waals surface area contributed by atoms with Gasteiger partial charge < -0.3 is 15.0 Å². The highest BCUT2D eigenvalue weighted by Gasteiger charge is 2.21. The summed E-state index contributed by atoms with van der Waals surface area (Å²) in [6, 6.07) is 9.94. The Balaban J connectivity index is 1.47. The van der Waals surface area contributed by atoms with E-state index in [9.17, 15) is 0 Å². The number of fused-ring (bicyclic) bond motifs is 5. The first-order chi connectivity index (χ1) is 18.0. The van der Waals surface area contributed by atoms with Crippen LogP contribution in [-0.4, -0.2) is 65.1 Å². The van der Waals surface area contributed by atoms with Crippen LogP contribution in [0.1, 0.15) is 25.1 Å². The quantitative estimate of drug-likeness (QED) is 0.398. The zero-order chi connectivity index (χ0) is 25.5. The highest BCUT2D eigenvalue weighted by molar-refractivity contribution is 5.93. The summed E-state index contributed by atoms with van der Waals surface area (Å²) < 4.78 is 9.94. The van der Waals surface area contributed by atoms with Gasteiger partial charge in [-0.25, -0.2) is 24.6 Å². The first kappa shape index (κ1) is 23.0. The molecule has 1 atom stereocenters. The standard InChI is InChI=1S/C26H28N10O/c1-16-9-11-37-26-19(14-29-35(26)4)25-27-10-8-22(32-25)31-23-12-21-18(13-28-23)24(33-36(16)21)20-7-5-6-17(30-20)15-34(2)3/h5-8,10,12-14,16H,9,11,15H2,1-4H3,(H,27,28,31,32)/t16-/m0/s1. The van der Waals surface area contributed by atoms with Gasteiger partial charge in [0, 0.05) is 43.9 Å². The molecule has 0 unspecified atom stereocenters. The van der Waals surface area contributed by atoms with Gasteiger partial charge in [0.25, 0.3) is 0 Å². The molecule has 0 saturated heterocycles. The third kappa shape index (κ3) is 4.38. The molecule has 0 aromatic carbocycles. The third-order valence-corrected chi connectivity index (χ3v) is 6.35. The molecule has 5 aromatic heterocycles. The number of anilines is 2. The normalized spacial score (nSPS) is 15.3. The molecule has 1 aliphatic heterocycles. The zero-order valence-electron chi connectivity index (χ0n) is 21.3. The van der Waals surface area contributed by atoms with Crippen LogP contribution in [0.15, 0.2) is 48.9 Å². The van der Waals surface area contributed by atoms with Gasteiger partial charge in [-0.1, -0.05) is 6.07 Å². The number of aromatic nitrogens is 8. The second-order valence-electron chi connectivity index (χ2n) is 9.50. The number of rotatable bonds is 3. The van der Waals surface area contributed by atoms with Crippen LogP contribution >= 0.6 is 0 Å². The van der Waals surface area contributed by atoms with Gasteiger partial charge in [-0.05, 0) is 39.2 Å². The molecule has 0 amide bonds. The molecule has 1 N–H and O–H groups in total.